The van der Waals surface area contributed by atoms with Crippen molar-refractivity contribution < 1.29 is 4.79 Å². The molecule has 3 aromatic rings. The third kappa shape index (κ3) is 5.10. The number of halogens is 1. The van der Waals surface area contributed by atoms with E-state index in [9.17, 15) is 4.79 Å². The second-order valence-corrected chi connectivity index (χ2v) is 8.41. The fourth-order valence-electron chi connectivity index (χ4n) is 3.19. The average molecular weight is 444 g/mol. The Morgan fingerprint density at radius 1 is 1.10 bits per heavy atom. The fourth-order valence-corrected chi connectivity index (χ4v) is 4.06. The molecule has 8 nitrogen and oxygen atoms in total. The summed E-state index contributed by atoms with van der Waals surface area (Å²) in [5, 5.41) is 15.7. The number of benzene rings is 2. The molecule has 1 aromatic heterocycles. The number of aromatic nitrogens is 4. The number of piperazine rings is 1. The van der Waals surface area contributed by atoms with Gasteiger partial charge in [0.1, 0.15) is 0 Å². The number of amides is 1. The maximum Gasteiger partial charge on any atom is 0.234 e. The van der Waals surface area contributed by atoms with Gasteiger partial charge in [0.05, 0.1) is 11.4 Å². The van der Waals surface area contributed by atoms with E-state index in [-0.39, 0.29) is 11.7 Å². The molecule has 0 bridgehead atoms. The quantitative estimate of drug-likeness (QED) is 0.587. The first-order chi connectivity index (χ1) is 14.6. The Morgan fingerprint density at radius 3 is 2.60 bits per heavy atom. The molecule has 0 unspecified atom stereocenters. The van der Waals surface area contributed by atoms with Crippen molar-refractivity contribution in [1.29, 1.82) is 0 Å². The Bertz CT molecular complexity index is 1000. The van der Waals surface area contributed by atoms with Gasteiger partial charge in [0.2, 0.25) is 11.1 Å². The first-order valence-corrected chi connectivity index (χ1v) is 11.0. The molecular formula is C20H22ClN7OS. The van der Waals surface area contributed by atoms with Gasteiger partial charge < -0.3 is 15.1 Å². The second kappa shape index (κ2) is 9.46. The van der Waals surface area contributed by atoms with E-state index in [1.807, 2.05) is 36.4 Å². The Morgan fingerprint density at radius 2 is 1.87 bits per heavy atom. The van der Waals surface area contributed by atoms with E-state index in [2.05, 4.69) is 37.7 Å². The van der Waals surface area contributed by atoms with Crippen LogP contribution < -0.4 is 10.2 Å². The molecule has 2 aromatic carbocycles. The van der Waals surface area contributed by atoms with Crippen molar-refractivity contribution in [3.63, 3.8) is 0 Å². The van der Waals surface area contributed by atoms with Crippen LogP contribution >= 0.6 is 23.4 Å². The molecule has 1 aliphatic heterocycles. The highest BCUT2D eigenvalue weighted by atomic mass is 35.5. The number of carbonyl (C=O) groups is 1. The van der Waals surface area contributed by atoms with Crippen LogP contribution in [0.2, 0.25) is 5.02 Å². The smallest absolute Gasteiger partial charge is 0.234 e. The molecule has 1 N–H and O–H groups in total. The van der Waals surface area contributed by atoms with Gasteiger partial charge in [-0.05, 0) is 59.9 Å². The van der Waals surface area contributed by atoms with E-state index < -0.39 is 0 Å². The summed E-state index contributed by atoms with van der Waals surface area (Å²) in [6, 6.07) is 15.2. The van der Waals surface area contributed by atoms with E-state index in [1.165, 1.54) is 17.4 Å². The summed E-state index contributed by atoms with van der Waals surface area (Å²) < 4.78 is 1.56. The van der Waals surface area contributed by atoms with Gasteiger partial charge in [0, 0.05) is 42.6 Å². The zero-order chi connectivity index (χ0) is 20.9. The summed E-state index contributed by atoms with van der Waals surface area (Å²) in [4.78, 5) is 17.1. The molecule has 1 amide bonds. The number of tetrazole rings is 1. The second-order valence-electron chi connectivity index (χ2n) is 7.03. The summed E-state index contributed by atoms with van der Waals surface area (Å²) >= 11 is 7.31. The van der Waals surface area contributed by atoms with E-state index >= 15 is 0 Å². The molecule has 0 spiro atoms. The minimum Gasteiger partial charge on any atom is -0.369 e. The van der Waals surface area contributed by atoms with Crippen LogP contribution in [-0.2, 0) is 4.79 Å². The molecule has 1 saturated heterocycles. The van der Waals surface area contributed by atoms with Crippen LogP contribution in [0.3, 0.4) is 0 Å². The SMILES string of the molecule is CN1CCN(c2ccc(NC(=O)CSc3nnnn3-c3cccc(Cl)c3)cc2)CC1. The van der Waals surface area contributed by atoms with Crippen LogP contribution in [0, 0.1) is 0 Å². The van der Waals surface area contributed by atoms with Gasteiger partial charge in [0.25, 0.3) is 0 Å². The van der Waals surface area contributed by atoms with Gasteiger partial charge in [-0.1, -0.05) is 29.4 Å². The van der Waals surface area contributed by atoms with Crippen molar-refractivity contribution in [1.82, 2.24) is 25.1 Å². The first-order valence-electron chi connectivity index (χ1n) is 9.59. The largest absolute Gasteiger partial charge is 0.369 e. The van der Waals surface area contributed by atoms with Gasteiger partial charge >= 0.3 is 0 Å². The van der Waals surface area contributed by atoms with Crippen LogP contribution in [0.25, 0.3) is 5.69 Å². The molecule has 0 aliphatic carbocycles. The van der Waals surface area contributed by atoms with Gasteiger partial charge in [-0.2, -0.15) is 4.68 Å². The number of anilines is 2. The summed E-state index contributed by atoms with van der Waals surface area (Å²) in [7, 11) is 2.14. The molecule has 0 radical (unpaired) electrons. The molecule has 10 heteroatoms. The first kappa shape index (κ1) is 20.6. The normalized spacial score (nSPS) is 14.7. The van der Waals surface area contributed by atoms with Crippen molar-refractivity contribution in [2.45, 2.75) is 5.16 Å². The molecule has 2 heterocycles. The number of carbonyl (C=O) groups excluding carboxylic acids is 1. The predicted molar refractivity (Wildman–Crippen MR) is 120 cm³/mol. The predicted octanol–water partition coefficient (Wildman–Crippen LogP) is 2.80. The number of hydrogen-bond donors (Lipinski definition) is 1. The van der Waals surface area contributed by atoms with E-state index in [4.69, 9.17) is 11.6 Å². The van der Waals surface area contributed by atoms with E-state index in [1.54, 1.807) is 16.8 Å². The number of rotatable bonds is 6. The highest BCUT2D eigenvalue weighted by Gasteiger charge is 2.15. The molecular weight excluding hydrogens is 422 g/mol. The third-order valence-electron chi connectivity index (χ3n) is 4.85. The van der Waals surface area contributed by atoms with Crippen molar-refractivity contribution in [2.24, 2.45) is 0 Å². The Labute approximate surface area is 184 Å². The summed E-state index contributed by atoms with van der Waals surface area (Å²) in [5.41, 5.74) is 2.69. The van der Waals surface area contributed by atoms with Crippen LogP contribution in [0.4, 0.5) is 11.4 Å². The molecule has 0 atom stereocenters. The lowest BCUT2D eigenvalue weighted by Gasteiger charge is -2.34. The van der Waals surface area contributed by atoms with Crippen molar-refractivity contribution in [2.75, 3.05) is 49.2 Å². The van der Waals surface area contributed by atoms with Crippen LogP contribution in [0.15, 0.2) is 53.7 Å². The van der Waals surface area contributed by atoms with E-state index in [0.29, 0.717) is 10.2 Å². The Balaban J connectivity index is 1.32. The monoisotopic (exact) mass is 443 g/mol. The fraction of sp³-hybridized carbons (Fsp3) is 0.300. The topological polar surface area (TPSA) is 79.2 Å². The minimum atomic E-state index is -0.118. The number of likely N-dealkylation sites (N-methyl/N-ethyl adjacent to an activating group) is 1. The number of hydrogen-bond acceptors (Lipinski definition) is 7. The number of nitrogens with one attached hydrogen (secondary N) is 1. The van der Waals surface area contributed by atoms with Crippen molar-refractivity contribution in [3.8, 4) is 5.69 Å². The molecule has 30 heavy (non-hydrogen) atoms. The lowest BCUT2D eigenvalue weighted by atomic mass is 10.2. The highest BCUT2D eigenvalue weighted by Crippen LogP contribution is 2.22. The zero-order valence-electron chi connectivity index (χ0n) is 16.5. The summed E-state index contributed by atoms with van der Waals surface area (Å²) in [6.07, 6.45) is 0. The van der Waals surface area contributed by atoms with Crippen LogP contribution in [-0.4, -0.2) is 70.0 Å². The molecule has 1 aliphatic rings. The number of nitrogens with zero attached hydrogens (tertiary/aromatic N) is 6. The lowest BCUT2D eigenvalue weighted by molar-refractivity contribution is -0.113. The van der Waals surface area contributed by atoms with Crippen molar-refractivity contribution in [3.05, 3.63) is 53.6 Å². The van der Waals surface area contributed by atoms with Crippen LogP contribution in [0.1, 0.15) is 0 Å². The van der Waals surface area contributed by atoms with Gasteiger partial charge in [-0.25, -0.2) is 0 Å². The Kier molecular flexibility index (Phi) is 6.51. The average Bonchev–Trinajstić information content (AvgIpc) is 3.22. The molecule has 4 rings (SSSR count). The maximum absolute atomic E-state index is 12.4. The van der Waals surface area contributed by atoms with Crippen LogP contribution in [0.5, 0.6) is 0 Å². The maximum atomic E-state index is 12.4. The Hall–Kier alpha value is -2.62. The number of thioether (sulfide) groups is 1. The van der Waals surface area contributed by atoms with Crippen molar-refractivity contribution >= 4 is 40.6 Å². The summed E-state index contributed by atoms with van der Waals surface area (Å²) in [5.74, 6) is 0.0780. The van der Waals surface area contributed by atoms with Gasteiger partial charge in [0.15, 0.2) is 0 Å². The molecule has 0 saturated carbocycles. The van der Waals surface area contributed by atoms with Gasteiger partial charge in [-0.15, -0.1) is 5.10 Å². The minimum absolute atomic E-state index is 0.118. The summed E-state index contributed by atoms with van der Waals surface area (Å²) in [6.45, 7) is 4.15. The highest BCUT2D eigenvalue weighted by molar-refractivity contribution is 7.99. The van der Waals surface area contributed by atoms with Gasteiger partial charge in [-0.3, -0.25) is 4.79 Å². The molecule has 1 fully saturated rings. The lowest BCUT2D eigenvalue weighted by Crippen LogP contribution is -2.44. The zero-order valence-corrected chi connectivity index (χ0v) is 18.1. The molecule has 156 valence electrons. The third-order valence-corrected chi connectivity index (χ3v) is 6.00. The van der Waals surface area contributed by atoms with E-state index in [0.717, 1.165) is 37.6 Å². The standard InChI is InChI=1S/C20H22ClN7OS/c1-26-9-11-27(12-10-26)17-7-5-16(6-8-17)22-19(29)14-30-20-23-24-25-28(20)18-4-2-3-15(21)13-18/h2-8,13H,9-12,14H2,1H3,(H,22,29).